The zero-order valence-electron chi connectivity index (χ0n) is 15.6. The molecule has 0 saturated carbocycles. The lowest BCUT2D eigenvalue weighted by atomic mass is 9.99. The Morgan fingerprint density at radius 1 is 1.20 bits per heavy atom. The molecule has 1 unspecified atom stereocenters. The predicted molar refractivity (Wildman–Crippen MR) is 100 cm³/mol. The van der Waals surface area contributed by atoms with E-state index in [1.54, 1.807) is 19.1 Å². The van der Waals surface area contributed by atoms with Crippen molar-refractivity contribution in [2.24, 2.45) is 11.0 Å². The molecule has 0 aliphatic carbocycles. The Hall–Kier alpha value is -3.85. The summed E-state index contributed by atoms with van der Waals surface area (Å²) in [5.74, 6) is -0.854. The van der Waals surface area contributed by atoms with Gasteiger partial charge in [-0.3, -0.25) is 4.79 Å². The number of hydrogen-bond acceptors (Lipinski definition) is 4. The lowest BCUT2D eigenvalue weighted by Gasteiger charge is -2.09. The molecule has 1 amide bonds. The van der Waals surface area contributed by atoms with Crippen LogP contribution in [0.3, 0.4) is 0 Å². The molecule has 8 nitrogen and oxygen atoms in total. The van der Waals surface area contributed by atoms with Crippen LogP contribution in [0.25, 0.3) is 27.5 Å². The zero-order chi connectivity index (χ0) is 21.7. The maximum atomic E-state index is 12.2. The van der Waals surface area contributed by atoms with E-state index in [2.05, 4.69) is 24.8 Å². The van der Waals surface area contributed by atoms with Crippen LogP contribution in [0, 0.1) is 5.92 Å². The van der Waals surface area contributed by atoms with Gasteiger partial charge in [-0.1, -0.05) is 31.2 Å². The number of azide groups is 1. The first-order valence-corrected chi connectivity index (χ1v) is 8.71. The van der Waals surface area contributed by atoms with Crippen LogP contribution in [0.15, 0.2) is 60.0 Å². The first-order valence-electron chi connectivity index (χ1n) is 8.71. The summed E-state index contributed by atoms with van der Waals surface area (Å²) in [6.07, 6.45) is -2.88. The van der Waals surface area contributed by atoms with Gasteiger partial charge < -0.3 is 4.74 Å². The number of carbonyl (C=O) groups is 1. The number of carbonyl (C=O) groups excluding carboxylic acids is 1. The lowest BCUT2D eigenvalue weighted by Crippen LogP contribution is -2.17. The summed E-state index contributed by atoms with van der Waals surface area (Å²) < 4.78 is 42.0. The van der Waals surface area contributed by atoms with Crippen LogP contribution >= 0.6 is 0 Å². The van der Waals surface area contributed by atoms with Gasteiger partial charge in [-0.15, -0.1) is 18.3 Å². The van der Waals surface area contributed by atoms with Crippen LogP contribution in [0.4, 0.5) is 13.2 Å². The third-order valence-electron chi connectivity index (χ3n) is 4.15. The van der Waals surface area contributed by atoms with Crippen molar-refractivity contribution < 1.29 is 22.7 Å². The molecule has 3 aromatic rings. The molecule has 0 N–H and O–H groups in total. The molecular formula is C19H15F3N6O2. The molecule has 0 radical (unpaired) electrons. The van der Waals surface area contributed by atoms with E-state index in [0.717, 1.165) is 11.1 Å². The summed E-state index contributed by atoms with van der Waals surface area (Å²) in [6, 6.07) is 12.5. The number of aromatic nitrogens is 3. The van der Waals surface area contributed by atoms with E-state index >= 15 is 0 Å². The highest BCUT2D eigenvalue weighted by atomic mass is 19.4. The van der Waals surface area contributed by atoms with E-state index in [0.29, 0.717) is 17.9 Å². The van der Waals surface area contributed by atoms with Crippen molar-refractivity contribution in [3.8, 4) is 22.8 Å². The molecule has 30 heavy (non-hydrogen) atoms. The van der Waals surface area contributed by atoms with Gasteiger partial charge in [0.1, 0.15) is 12.1 Å². The van der Waals surface area contributed by atoms with Crippen LogP contribution < -0.4 is 4.74 Å². The molecule has 11 heteroatoms. The molecule has 1 heterocycles. The summed E-state index contributed by atoms with van der Waals surface area (Å²) in [5.41, 5.74) is 10.5. The number of hydrogen-bond donors (Lipinski definition) is 0. The van der Waals surface area contributed by atoms with Crippen LogP contribution in [0.2, 0.25) is 0 Å². The molecule has 0 saturated heterocycles. The Labute approximate surface area is 168 Å². The number of rotatable bonds is 6. The third kappa shape index (κ3) is 5.36. The minimum absolute atomic E-state index is 0.324. The summed E-state index contributed by atoms with van der Waals surface area (Å²) in [7, 11) is 0. The fraction of sp³-hybridized carbons (Fsp3) is 0.211. The summed E-state index contributed by atoms with van der Waals surface area (Å²) in [6.45, 7) is 1.68. The van der Waals surface area contributed by atoms with Crippen molar-refractivity contribution in [3.63, 3.8) is 0 Å². The van der Waals surface area contributed by atoms with Crippen molar-refractivity contribution in [2.45, 2.75) is 19.7 Å². The molecule has 0 fully saturated rings. The monoisotopic (exact) mass is 416 g/mol. The molecule has 1 atom stereocenters. The number of amides is 1. The van der Waals surface area contributed by atoms with Gasteiger partial charge in [0.05, 0.1) is 5.69 Å². The fourth-order valence-electron chi connectivity index (χ4n) is 2.69. The summed E-state index contributed by atoms with van der Waals surface area (Å²) in [5, 5.41) is 7.43. The van der Waals surface area contributed by atoms with Gasteiger partial charge in [-0.2, -0.15) is 0 Å². The van der Waals surface area contributed by atoms with E-state index in [9.17, 15) is 18.0 Å². The molecule has 0 spiro atoms. The average molecular weight is 416 g/mol. The van der Waals surface area contributed by atoms with Gasteiger partial charge in [0.2, 0.25) is 5.91 Å². The van der Waals surface area contributed by atoms with Gasteiger partial charge in [-0.05, 0) is 46.9 Å². The van der Waals surface area contributed by atoms with Gasteiger partial charge in [0, 0.05) is 16.4 Å². The highest BCUT2D eigenvalue weighted by Crippen LogP contribution is 2.24. The SMILES string of the molecule is CC(Cc1ccc(-c2ncn(-c3ccc(OC(F)(F)F)cc3)n2)cc1)C(=O)N=[N+]=[N-]. The fourth-order valence-corrected chi connectivity index (χ4v) is 2.69. The van der Waals surface area contributed by atoms with Crippen molar-refractivity contribution in [3.05, 3.63) is 70.9 Å². The van der Waals surface area contributed by atoms with Crippen LogP contribution in [-0.2, 0) is 11.2 Å². The number of ether oxygens (including phenoxy) is 1. The minimum atomic E-state index is -4.75. The van der Waals surface area contributed by atoms with Gasteiger partial charge in [0.25, 0.3) is 0 Å². The molecule has 0 aliphatic rings. The van der Waals surface area contributed by atoms with E-state index < -0.39 is 18.2 Å². The van der Waals surface area contributed by atoms with Crippen LogP contribution in [0.5, 0.6) is 5.75 Å². The summed E-state index contributed by atoms with van der Waals surface area (Å²) in [4.78, 5) is 18.3. The second-order valence-corrected chi connectivity index (χ2v) is 6.38. The Bertz CT molecular complexity index is 1070. The molecule has 2 aromatic carbocycles. The van der Waals surface area contributed by atoms with Crippen LogP contribution in [0.1, 0.15) is 12.5 Å². The van der Waals surface area contributed by atoms with Crippen molar-refractivity contribution in [1.82, 2.24) is 14.8 Å². The average Bonchev–Trinajstić information content (AvgIpc) is 3.18. The lowest BCUT2D eigenvalue weighted by molar-refractivity contribution is -0.274. The first kappa shape index (κ1) is 20.9. The molecular weight excluding hydrogens is 401 g/mol. The zero-order valence-corrected chi connectivity index (χ0v) is 15.6. The Kier molecular flexibility index (Phi) is 6.03. The quantitative estimate of drug-likeness (QED) is 0.325. The number of alkyl halides is 3. The normalized spacial score (nSPS) is 12.1. The van der Waals surface area contributed by atoms with E-state index in [1.165, 1.54) is 35.3 Å². The largest absolute Gasteiger partial charge is 0.573 e. The van der Waals surface area contributed by atoms with Crippen molar-refractivity contribution >= 4 is 5.91 Å². The minimum Gasteiger partial charge on any atom is -0.406 e. The molecule has 154 valence electrons. The second-order valence-electron chi connectivity index (χ2n) is 6.38. The maximum Gasteiger partial charge on any atom is 0.573 e. The highest BCUT2D eigenvalue weighted by Gasteiger charge is 2.31. The standard InChI is InChI=1S/C19H15F3N6O2/c1-12(18(29)25-27-23)10-13-2-4-14(5-3-13)17-24-11-28(26-17)15-6-8-16(9-7-15)30-19(20,21)22/h2-9,11-12H,10H2,1H3. The second kappa shape index (κ2) is 8.66. The number of nitrogens with zero attached hydrogens (tertiary/aromatic N) is 6. The van der Waals surface area contributed by atoms with Crippen molar-refractivity contribution in [1.29, 1.82) is 0 Å². The topological polar surface area (TPSA) is 106 Å². The summed E-state index contributed by atoms with van der Waals surface area (Å²) >= 11 is 0. The third-order valence-corrected chi connectivity index (χ3v) is 4.15. The maximum absolute atomic E-state index is 12.2. The molecule has 3 rings (SSSR count). The van der Waals surface area contributed by atoms with Gasteiger partial charge >= 0.3 is 6.36 Å². The van der Waals surface area contributed by atoms with Gasteiger partial charge in [-0.25, -0.2) is 9.67 Å². The van der Waals surface area contributed by atoms with E-state index in [-0.39, 0.29) is 5.75 Å². The predicted octanol–water partition coefficient (Wildman–Crippen LogP) is 4.85. The molecule has 0 aliphatic heterocycles. The smallest absolute Gasteiger partial charge is 0.406 e. The Morgan fingerprint density at radius 2 is 1.87 bits per heavy atom. The van der Waals surface area contributed by atoms with Crippen LogP contribution in [-0.4, -0.2) is 27.0 Å². The van der Waals surface area contributed by atoms with Gasteiger partial charge in [0.15, 0.2) is 5.82 Å². The molecule has 0 bridgehead atoms. The number of halogens is 3. The first-order chi connectivity index (χ1) is 14.2. The van der Waals surface area contributed by atoms with Crippen molar-refractivity contribution in [2.75, 3.05) is 0 Å². The van der Waals surface area contributed by atoms with E-state index in [1.807, 2.05) is 12.1 Å². The Morgan fingerprint density at radius 3 is 2.47 bits per heavy atom. The van der Waals surface area contributed by atoms with E-state index in [4.69, 9.17) is 5.53 Å². The highest BCUT2D eigenvalue weighted by molar-refractivity contribution is 5.79. The Balaban J connectivity index is 1.70. The number of benzene rings is 2. The molecule has 1 aromatic heterocycles.